The molecular weight excluding hydrogens is 200 g/mol. The van der Waals surface area contributed by atoms with Gasteiger partial charge in [0.05, 0.1) is 5.60 Å². The summed E-state index contributed by atoms with van der Waals surface area (Å²) in [4.78, 5) is 0. The van der Waals surface area contributed by atoms with Crippen molar-refractivity contribution in [3.05, 3.63) is 0 Å². The molecule has 3 rings (SSSR count). The van der Waals surface area contributed by atoms with Crippen LogP contribution in [0, 0.1) is 23.2 Å². The molecule has 0 amide bonds. The molecule has 1 spiro atoms. The minimum Gasteiger partial charge on any atom is -0.365 e. The van der Waals surface area contributed by atoms with Crippen LogP contribution in [0.5, 0.6) is 0 Å². The van der Waals surface area contributed by atoms with Gasteiger partial charge in [-0.05, 0) is 51.4 Å². The molecule has 92 valence electrons. The molecule has 3 aliphatic rings. The van der Waals surface area contributed by atoms with Crippen LogP contribution >= 0.6 is 0 Å². The Hall–Kier alpha value is -0.0800. The minimum atomic E-state index is -0.850. The van der Waals surface area contributed by atoms with Crippen LogP contribution in [0.3, 0.4) is 0 Å². The van der Waals surface area contributed by atoms with Gasteiger partial charge in [0.1, 0.15) is 0 Å². The van der Waals surface area contributed by atoms with Gasteiger partial charge >= 0.3 is 0 Å². The van der Waals surface area contributed by atoms with Gasteiger partial charge in [0.15, 0.2) is 5.79 Å². The Morgan fingerprint density at radius 1 is 1.06 bits per heavy atom. The summed E-state index contributed by atoms with van der Waals surface area (Å²) in [5, 5.41) is 11.0. The molecule has 3 fully saturated rings. The van der Waals surface area contributed by atoms with E-state index in [0.29, 0.717) is 11.8 Å². The lowest BCUT2D eigenvalue weighted by molar-refractivity contribution is -0.270. The van der Waals surface area contributed by atoms with Gasteiger partial charge in [0.2, 0.25) is 0 Å². The Kier molecular flexibility index (Phi) is 1.96. The monoisotopic (exact) mass is 224 g/mol. The van der Waals surface area contributed by atoms with Crippen LogP contribution < -0.4 is 0 Å². The zero-order valence-corrected chi connectivity index (χ0v) is 10.9. The van der Waals surface area contributed by atoms with Gasteiger partial charge in [-0.25, -0.2) is 0 Å². The summed E-state index contributed by atoms with van der Waals surface area (Å²) in [6.07, 6.45) is 4.75. The highest BCUT2D eigenvalue weighted by Crippen LogP contribution is 2.71. The fourth-order valence-electron chi connectivity index (χ4n) is 5.22. The molecule has 0 aromatic heterocycles. The quantitative estimate of drug-likeness (QED) is 0.685. The molecule has 2 saturated carbocycles. The second kappa shape index (κ2) is 2.84. The van der Waals surface area contributed by atoms with Gasteiger partial charge in [0.25, 0.3) is 0 Å². The fourth-order valence-corrected chi connectivity index (χ4v) is 5.22. The molecule has 1 N–H and O–H groups in total. The molecule has 16 heavy (non-hydrogen) atoms. The van der Waals surface area contributed by atoms with Crippen LogP contribution in [0.25, 0.3) is 0 Å². The van der Waals surface area contributed by atoms with Gasteiger partial charge in [-0.1, -0.05) is 13.8 Å². The van der Waals surface area contributed by atoms with Crippen LogP contribution in [0.15, 0.2) is 0 Å². The van der Waals surface area contributed by atoms with Crippen molar-refractivity contribution in [3.8, 4) is 0 Å². The van der Waals surface area contributed by atoms with E-state index in [2.05, 4.69) is 27.7 Å². The first kappa shape index (κ1) is 11.0. The van der Waals surface area contributed by atoms with E-state index < -0.39 is 5.79 Å². The maximum Gasteiger partial charge on any atom is 0.174 e. The predicted octanol–water partition coefficient (Wildman–Crippen LogP) is 2.95. The van der Waals surface area contributed by atoms with Gasteiger partial charge in [-0.15, -0.1) is 0 Å². The topological polar surface area (TPSA) is 29.5 Å². The van der Waals surface area contributed by atoms with E-state index in [1.165, 1.54) is 12.8 Å². The molecule has 0 unspecified atom stereocenters. The molecular formula is C14H24O2. The molecule has 1 heterocycles. The zero-order valence-electron chi connectivity index (χ0n) is 10.9. The summed E-state index contributed by atoms with van der Waals surface area (Å²) in [6.45, 7) is 8.80. The van der Waals surface area contributed by atoms with Crippen molar-refractivity contribution in [1.82, 2.24) is 0 Å². The standard InChI is InChI=1S/C14H24O2/c1-9-5-6-11-12(3,4)16-14(15)10(2)7-8-13(9,11)14/h9-11,15H,5-8H2,1-4H3/t9-,10+,11+,13+,14-/m1/s1. The van der Waals surface area contributed by atoms with E-state index >= 15 is 0 Å². The van der Waals surface area contributed by atoms with Crippen molar-refractivity contribution in [3.63, 3.8) is 0 Å². The van der Waals surface area contributed by atoms with Crippen molar-refractivity contribution in [1.29, 1.82) is 0 Å². The number of rotatable bonds is 0. The van der Waals surface area contributed by atoms with Gasteiger partial charge in [-0.2, -0.15) is 0 Å². The van der Waals surface area contributed by atoms with E-state index in [1.54, 1.807) is 0 Å². The first-order valence-electron chi connectivity index (χ1n) is 6.77. The van der Waals surface area contributed by atoms with Crippen LogP contribution in [-0.4, -0.2) is 16.5 Å². The van der Waals surface area contributed by atoms with Gasteiger partial charge < -0.3 is 9.84 Å². The first-order chi connectivity index (χ1) is 7.34. The van der Waals surface area contributed by atoms with Crippen LogP contribution in [0.2, 0.25) is 0 Å². The van der Waals surface area contributed by atoms with E-state index in [1.807, 2.05) is 0 Å². The van der Waals surface area contributed by atoms with E-state index in [0.717, 1.165) is 12.8 Å². The van der Waals surface area contributed by atoms with E-state index in [9.17, 15) is 5.11 Å². The zero-order chi connectivity index (χ0) is 11.8. The highest BCUT2D eigenvalue weighted by molar-refractivity contribution is 5.18. The smallest absolute Gasteiger partial charge is 0.174 e. The Balaban J connectivity index is 2.14. The summed E-state index contributed by atoms with van der Waals surface area (Å²) in [7, 11) is 0. The number of hydrogen-bond acceptors (Lipinski definition) is 2. The Bertz CT molecular complexity index is 325. The van der Waals surface area contributed by atoms with Crippen LogP contribution in [-0.2, 0) is 4.74 Å². The molecule has 1 saturated heterocycles. The normalized spacial score (nSPS) is 58.7. The maximum absolute atomic E-state index is 11.0. The Labute approximate surface area is 98.4 Å². The van der Waals surface area contributed by atoms with E-state index in [-0.39, 0.29) is 16.9 Å². The Morgan fingerprint density at radius 3 is 2.44 bits per heavy atom. The summed E-state index contributed by atoms with van der Waals surface area (Å²) < 4.78 is 6.16. The van der Waals surface area contributed by atoms with E-state index in [4.69, 9.17) is 4.74 Å². The molecule has 0 aromatic carbocycles. The average molecular weight is 224 g/mol. The predicted molar refractivity (Wildman–Crippen MR) is 62.8 cm³/mol. The minimum absolute atomic E-state index is 0.0515. The van der Waals surface area contributed by atoms with Crippen LogP contribution in [0.4, 0.5) is 0 Å². The third-order valence-electron chi connectivity index (χ3n) is 5.97. The highest BCUT2D eigenvalue weighted by atomic mass is 16.7. The second-order valence-electron chi connectivity index (χ2n) is 6.91. The molecule has 0 bridgehead atoms. The molecule has 5 atom stereocenters. The number of hydrogen-bond donors (Lipinski definition) is 1. The van der Waals surface area contributed by atoms with Crippen LogP contribution in [0.1, 0.15) is 53.4 Å². The van der Waals surface area contributed by atoms with Gasteiger partial charge in [0, 0.05) is 11.3 Å². The van der Waals surface area contributed by atoms with Gasteiger partial charge in [-0.3, -0.25) is 0 Å². The summed E-state index contributed by atoms with van der Waals surface area (Å²) in [5.74, 6) is 0.591. The fraction of sp³-hybridized carbons (Fsp3) is 1.00. The second-order valence-corrected chi connectivity index (χ2v) is 6.91. The molecule has 0 radical (unpaired) electrons. The maximum atomic E-state index is 11.0. The number of aliphatic hydroxyl groups is 1. The van der Waals surface area contributed by atoms with Crippen molar-refractivity contribution in [2.24, 2.45) is 23.2 Å². The average Bonchev–Trinajstić information content (AvgIpc) is 2.68. The summed E-state index contributed by atoms with van der Waals surface area (Å²) >= 11 is 0. The first-order valence-corrected chi connectivity index (χ1v) is 6.77. The van der Waals surface area contributed by atoms with Crippen molar-refractivity contribution < 1.29 is 9.84 Å². The SMILES string of the molecule is C[C@@H]1CC[C@H]2C(C)(C)O[C@]3(O)[C@@H](C)CC[C@]123. The lowest BCUT2D eigenvalue weighted by atomic mass is 9.65. The molecule has 2 heteroatoms. The third kappa shape index (κ3) is 0.932. The third-order valence-corrected chi connectivity index (χ3v) is 5.97. The lowest BCUT2D eigenvalue weighted by Crippen LogP contribution is -2.48. The molecule has 0 aromatic rings. The highest BCUT2D eigenvalue weighted by Gasteiger charge is 2.75. The summed E-state index contributed by atoms with van der Waals surface area (Å²) in [5.41, 5.74) is -0.0931. The van der Waals surface area contributed by atoms with Crippen molar-refractivity contribution in [2.75, 3.05) is 0 Å². The number of ether oxygens (including phenoxy) is 1. The Morgan fingerprint density at radius 2 is 1.75 bits per heavy atom. The van der Waals surface area contributed by atoms with Crippen molar-refractivity contribution in [2.45, 2.75) is 64.8 Å². The lowest BCUT2D eigenvalue weighted by Gasteiger charge is -2.40. The molecule has 1 aliphatic heterocycles. The summed E-state index contributed by atoms with van der Waals surface area (Å²) in [6, 6.07) is 0. The van der Waals surface area contributed by atoms with Crippen molar-refractivity contribution >= 4 is 0 Å². The molecule has 2 aliphatic carbocycles. The largest absolute Gasteiger partial charge is 0.365 e. The molecule has 2 nitrogen and oxygen atoms in total.